The highest BCUT2D eigenvalue weighted by molar-refractivity contribution is 5.74. The standard InChI is InChI=1S/C15H26N2O3/c18-15(17-14(11-2-3-11)12-4-5-12)16-7-1-8-20-13-6-9-19-10-13/h11-14H,1-10H2,(H2,16,17,18)/t13-/m0/s1. The van der Waals surface area contributed by atoms with Crippen LogP contribution in [0.25, 0.3) is 0 Å². The SMILES string of the molecule is O=C(NCCCO[C@H]1CCOC1)NC(C1CC1)C1CC1. The van der Waals surface area contributed by atoms with Crippen LogP contribution in [0.5, 0.6) is 0 Å². The number of hydrogen-bond donors (Lipinski definition) is 2. The summed E-state index contributed by atoms with van der Waals surface area (Å²) in [6, 6.07) is 0.430. The summed E-state index contributed by atoms with van der Waals surface area (Å²) in [4.78, 5) is 11.9. The lowest BCUT2D eigenvalue weighted by molar-refractivity contribution is 0.0418. The van der Waals surface area contributed by atoms with E-state index >= 15 is 0 Å². The zero-order chi connectivity index (χ0) is 13.8. The molecular weight excluding hydrogens is 256 g/mol. The number of amides is 2. The molecule has 5 nitrogen and oxygen atoms in total. The van der Waals surface area contributed by atoms with Gasteiger partial charge in [0.2, 0.25) is 0 Å². The predicted octanol–water partition coefficient (Wildman–Crippen LogP) is 1.67. The Morgan fingerprint density at radius 2 is 1.95 bits per heavy atom. The van der Waals surface area contributed by atoms with Crippen LogP contribution in [0, 0.1) is 11.8 Å². The van der Waals surface area contributed by atoms with Gasteiger partial charge >= 0.3 is 6.03 Å². The van der Waals surface area contributed by atoms with Crippen LogP contribution in [0.15, 0.2) is 0 Å². The maximum Gasteiger partial charge on any atom is 0.315 e. The Morgan fingerprint density at radius 1 is 1.20 bits per heavy atom. The Morgan fingerprint density at radius 3 is 2.55 bits per heavy atom. The zero-order valence-corrected chi connectivity index (χ0v) is 12.1. The second kappa shape index (κ2) is 6.76. The first kappa shape index (κ1) is 14.1. The molecule has 0 aromatic rings. The number of urea groups is 1. The molecule has 2 N–H and O–H groups in total. The summed E-state index contributed by atoms with van der Waals surface area (Å²) in [5.74, 6) is 1.50. The van der Waals surface area contributed by atoms with Crippen molar-refractivity contribution in [3.63, 3.8) is 0 Å². The largest absolute Gasteiger partial charge is 0.379 e. The van der Waals surface area contributed by atoms with E-state index in [0.717, 1.165) is 37.9 Å². The molecular formula is C15H26N2O3. The van der Waals surface area contributed by atoms with E-state index in [1.807, 2.05) is 0 Å². The van der Waals surface area contributed by atoms with Gasteiger partial charge in [0.15, 0.2) is 0 Å². The van der Waals surface area contributed by atoms with Crippen molar-refractivity contribution in [1.29, 1.82) is 0 Å². The molecule has 3 aliphatic rings. The Balaban J connectivity index is 1.23. The van der Waals surface area contributed by atoms with Crippen molar-refractivity contribution in [1.82, 2.24) is 10.6 Å². The van der Waals surface area contributed by atoms with Gasteiger partial charge in [-0.1, -0.05) is 0 Å². The fourth-order valence-corrected chi connectivity index (χ4v) is 2.90. The second-order valence-electron chi connectivity index (χ2n) is 6.31. The highest BCUT2D eigenvalue weighted by atomic mass is 16.5. The van der Waals surface area contributed by atoms with Crippen molar-refractivity contribution in [3.05, 3.63) is 0 Å². The maximum absolute atomic E-state index is 11.9. The minimum absolute atomic E-state index is 0.00185. The molecule has 3 rings (SSSR count). The molecule has 0 aromatic heterocycles. The molecule has 1 saturated heterocycles. The first-order valence-electron chi connectivity index (χ1n) is 8.06. The summed E-state index contributed by atoms with van der Waals surface area (Å²) >= 11 is 0. The van der Waals surface area contributed by atoms with Gasteiger partial charge in [-0.05, 0) is 50.4 Å². The lowest BCUT2D eigenvalue weighted by Crippen LogP contribution is -2.44. The van der Waals surface area contributed by atoms with Crippen LogP contribution < -0.4 is 10.6 Å². The highest BCUT2D eigenvalue weighted by Crippen LogP contribution is 2.44. The van der Waals surface area contributed by atoms with Crippen molar-refractivity contribution in [2.24, 2.45) is 11.8 Å². The zero-order valence-electron chi connectivity index (χ0n) is 12.1. The minimum atomic E-state index is -0.00185. The second-order valence-corrected chi connectivity index (χ2v) is 6.31. The van der Waals surface area contributed by atoms with Crippen LogP contribution in [0.1, 0.15) is 38.5 Å². The average Bonchev–Trinajstić information content (AvgIpc) is 3.36. The Bertz CT molecular complexity index is 311. The maximum atomic E-state index is 11.9. The van der Waals surface area contributed by atoms with Crippen molar-refractivity contribution in [2.45, 2.75) is 50.7 Å². The van der Waals surface area contributed by atoms with E-state index in [1.54, 1.807) is 0 Å². The summed E-state index contributed by atoms with van der Waals surface area (Å²) < 4.78 is 10.9. The lowest BCUT2D eigenvalue weighted by Gasteiger charge is -2.18. The van der Waals surface area contributed by atoms with E-state index in [9.17, 15) is 4.79 Å². The van der Waals surface area contributed by atoms with Crippen LogP contribution in [0.4, 0.5) is 4.79 Å². The van der Waals surface area contributed by atoms with Crippen molar-refractivity contribution in [3.8, 4) is 0 Å². The molecule has 1 heterocycles. The smallest absolute Gasteiger partial charge is 0.315 e. The van der Waals surface area contributed by atoms with Crippen LogP contribution in [-0.2, 0) is 9.47 Å². The normalized spacial score (nSPS) is 25.9. The van der Waals surface area contributed by atoms with Gasteiger partial charge in [0, 0.05) is 25.8 Å². The molecule has 2 saturated carbocycles. The van der Waals surface area contributed by atoms with E-state index in [0.29, 0.717) is 19.2 Å². The van der Waals surface area contributed by atoms with Gasteiger partial charge in [0.05, 0.1) is 12.7 Å². The van der Waals surface area contributed by atoms with Crippen LogP contribution in [-0.4, -0.2) is 44.5 Å². The molecule has 0 radical (unpaired) electrons. The summed E-state index contributed by atoms with van der Waals surface area (Å²) in [5, 5.41) is 6.10. The summed E-state index contributed by atoms with van der Waals surface area (Å²) in [6.07, 6.45) is 7.28. The molecule has 114 valence electrons. The molecule has 0 bridgehead atoms. The number of hydrogen-bond acceptors (Lipinski definition) is 3. The summed E-state index contributed by atoms with van der Waals surface area (Å²) in [6.45, 7) is 2.91. The topological polar surface area (TPSA) is 59.6 Å². The molecule has 5 heteroatoms. The quantitative estimate of drug-likeness (QED) is 0.666. The number of nitrogens with one attached hydrogen (secondary N) is 2. The number of carbonyl (C=O) groups excluding carboxylic acids is 1. The highest BCUT2D eigenvalue weighted by Gasteiger charge is 2.42. The van der Waals surface area contributed by atoms with Gasteiger partial charge in [0.25, 0.3) is 0 Å². The molecule has 0 unspecified atom stereocenters. The van der Waals surface area contributed by atoms with Gasteiger partial charge in [-0.15, -0.1) is 0 Å². The molecule has 2 aliphatic carbocycles. The summed E-state index contributed by atoms with van der Waals surface area (Å²) in [5.41, 5.74) is 0. The lowest BCUT2D eigenvalue weighted by atomic mass is 10.1. The van der Waals surface area contributed by atoms with E-state index < -0.39 is 0 Å². The van der Waals surface area contributed by atoms with E-state index in [2.05, 4.69) is 10.6 Å². The molecule has 0 spiro atoms. The summed E-state index contributed by atoms with van der Waals surface area (Å²) in [7, 11) is 0. The fourth-order valence-electron chi connectivity index (χ4n) is 2.90. The first-order chi connectivity index (χ1) is 9.83. The van der Waals surface area contributed by atoms with Crippen molar-refractivity contribution in [2.75, 3.05) is 26.4 Å². The minimum Gasteiger partial charge on any atom is -0.379 e. The van der Waals surface area contributed by atoms with Crippen molar-refractivity contribution >= 4 is 6.03 Å². The first-order valence-corrected chi connectivity index (χ1v) is 8.06. The molecule has 2 amide bonds. The third kappa shape index (κ3) is 4.35. The predicted molar refractivity (Wildman–Crippen MR) is 75.6 cm³/mol. The monoisotopic (exact) mass is 282 g/mol. The molecule has 1 atom stereocenters. The average molecular weight is 282 g/mol. The van der Waals surface area contributed by atoms with Crippen molar-refractivity contribution < 1.29 is 14.3 Å². The third-order valence-corrected chi connectivity index (χ3v) is 4.41. The molecule has 0 aromatic carbocycles. The fraction of sp³-hybridized carbons (Fsp3) is 0.933. The number of ether oxygens (including phenoxy) is 2. The molecule has 3 fully saturated rings. The van der Waals surface area contributed by atoms with Crippen LogP contribution >= 0.6 is 0 Å². The van der Waals surface area contributed by atoms with E-state index in [-0.39, 0.29) is 12.1 Å². The number of carbonyl (C=O) groups is 1. The van der Waals surface area contributed by atoms with Gasteiger partial charge in [-0.3, -0.25) is 0 Å². The Kier molecular flexibility index (Phi) is 4.78. The van der Waals surface area contributed by atoms with Crippen LogP contribution in [0.3, 0.4) is 0 Å². The Hall–Kier alpha value is -0.810. The number of rotatable bonds is 8. The Labute approximate surface area is 120 Å². The van der Waals surface area contributed by atoms with Gasteiger partial charge in [-0.25, -0.2) is 4.79 Å². The van der Waals surface area contributed by atoms with E-state index in [4.69, 9.17) is 9.47 Å². The molecule has 20 heavy (non-hydrogen) atoms. The third-order valence-electron chi connectivity index (χ3n) is 4.41. The molecule has 1 aliphatic heterocycles. The van der Waals surface area contributed by atoms with Gasteiger partial charge < -0.3 is 20.1 Å². The van der Waals surface area contributed by atoms with E-state index in [1.165, 1.54) is 25.7 Å². The van der Waals surface area contributed by atoms with Crippen LogP contribution in [0.2, 0.25) is 0 Å². The van der Waals surface area contributed by atoms with Gasteiger partial charge in [0.1, 0.15) is 0 Å². The van der Waals surface area contributed by atoms with Gasteiger partial charge in [-0.2, -0.15) is 0 Å².